The zero-order valence-corrected chi connectivity index (χ0v) is 13.8. The summed E-state index contributed by atoms with van der Waals surface area (Å²) in [6, 6.07) is 6.55. The highest BCUT2D eigenvalue weighted by Crippen LogP contribution is 2.43. The Kier molecular flexibility index (Phi) is 4.47. The topological polar surface area (TPSA) is 53.4 Å². The maximum Gasteiger partial charge on any atom is 0.275 e. The van der Waals surface area contributed by atoms with Gasteiger partial charge in [-0.1, -0.05) is 18.2 Å². The number of carbonyl (C=O) groups is 1. The summed E-state index contributed by atoms with van der Waals surface area (Å²) in [4.78, 5) is 18.7. The van der Waals surface area contributed by atoms with Gasteiger partial charge in [0.05, 0.1) is 23.5 Å². The van der Waals surface area contributed by atoms with E-state index in [1.807, 2.05) is 0 Å². The van der Waals surface area contributed by atoms with Gasteiger partial charge in [-0.15, -0.1) is 11.3 Å². The molecule has 0 atom stereocenters. The lowest BCUT2D eigenvalue weighted by molar-refractivity contribution is 0.0596. The summed E-state index contributed by atoms with van der Waals surface area (Å²) in [5, 5.41) is 9.13. The summed E-state index contributed by atoms with van der Waals surface area (Å²) in [7, 11) is 0. The Bertz CT molecular complexity index is 801. The number of hydrogen-bond donors (Lipinski definition) is 1. The van der Waals surface area contributed by atoms with Crippen molar-refractivity contribution in [2.24, 2.45) is 0 Å². The smallest absolute Gasteiger partial charge is 0.275 e. The van der Waals surface area contributed by atoms with Crippen LogP contribution >= 0.6 is 11.3 Å². The van der Waals surface area contributed by atoms with E-state index in [9.17, 15) is 13.6 Å². The van der Waals surface area contributed by atoms with Gasteiger partial charge in [0, 0.05) is 24.1 Å². The molecule has 1 aliphatic rings. The van der Waals surface area contributed by atoms with Crippen LogP contribution in [0.4, 0.5) is 14.5 Å². The molecule has 0 saturated heterocycles. The Morgan fingerprint density at radius 1 is 1.46 bits per heavy atom. The van der Waals surface area contributed by atoms with E-state index in [1.165, 1.54) is 16.2 Å². The van der Waals surface area contributed by atoms with Crippen molar-refractivity contribution in [3.63, 3.8) is 0 Å². The number of fused-ring (bicyclic) bond motifs is 1. The Labute approximate surface area is 142 Å². The molecule has 1 amide bonds. The van der Waals surface area contributed by atoms with Crippen LogP contribution in [0, 0.1) is 6.92 Å². The molecule has 7 heteroatoms. The number of para-hydroxylation sites is 1. The number of aliphatic hydroxyl groups is 1. The van der Waals surface area contributed by atoms with Crippen molar-refractivity contribution in [2.75, 3.05) is 18.1 Å². The molecule has 3 rings (SSSR count). The van der Waals surface area contributed by atoms with Crippen LogP contribution in [0.3, 0.4) is 0 Å². The zero-order valence-electron chi connectivity index (χ0n) is 13.0. The molecule has 1 aliphatic heterocycles. The second-order valence-corrected chi connectivity index (χ2v) is 6.35. The predicted octanol–water partition coefficient (Wildman–Crippen LogP) is 3.51. The van der Waals surface area contributed by atoms with Crippen LogP contribution in [0.15, 0.2) is 35.9 Å². The summed E-state index contributed by atoms with van der Waals surface area (Å²) >= 11 is 1.20. The van der Waals surface area contributed by atoms with Gasteiger partial charge >= 0.3 is 0 Å². The van der Waals surface area contributed by atoms with Crippen LogP contribution in [0.25, 0.3) is 5.57 Å². The number of hydrogen-bond acceptors (Lipinski definition) is 4. The maximum absolute atomic E-state index is 14.5. The first-order chi connectivity index (χ1) is 11.5. The zero-order chi connectivity index (χ0) is 17.3. The molecule has 0 aliphatic carbocycles. The van der Waals surface area contributed by atoms with Crippen molar-refractivity contribution in [3.8, 4) is 0 Å². The van der Waals surface area contributed by atoms with E-state index in [1.54, 1.807) is 36.7 Å². The Balaban J connectivity index is 2.13. The molecular weight excluding hydrogens is 334 g/mol. The lowest BCUT2D eigenvalue weighted by Gasteiger charge is -2.22. The normalized spacial score (nSPS) is 18.3. The fraction of sp³-hybridized carbons (Fsp3) is 0.294. The number of carbonyl (C=O) groups excluding carboxylic acids is 1. The first-order valence-corrected chi connectivity index (χ1v) is 8.34. The molecule has 0 unspecified atom stereocenters. The van der Waals surface area contributed by atoms with Gasteiger partial charge in [0.1, 0.15) is 4.88 Å². The average molecular weight is 350 g/mol. The number of benzene rings is 1. The van der Waals surface area contributed by atoms with Crippen molar-refractivity contribution in [1.29, 1.82) is 0 Å². The predicted molar refractivity (Wildman–Crippen MR) is 89.6 cm³/mol. The van der Waals surface area contributed by atoms with E-state index >= 15 is 0 Å². The van der Waals surface area contributed by atoms with E-state index in [0.29, 0.717) is 16.3 Å². The van der Waals surface area contributed by atoms with Gasteiger partial charge < -0.3 is 10.0 Å². The third-order valence-corrected chi connectivity index (χ3v) is 4.93. The van der Waals surface area contributed by atoms with Crippen LogP contribution in [-0.2, 0) is 0 Å². The van der Waals surface area contributed by atoms with E-state index in [-0.39, 0.29) is 23.6 Å². The maximum atomic E-state index is 14.5. The van der Waals surface area contributed by atoms with Crippen LogP contribution in [0.2, 0.25) is 0 Å². The first-order valence-electron chi connectivity index (χ1n) is 7.46. The van der Waals surface area contributed by atoms with Crippen molar-refractivity contribution in [1.82, 2.24) is 4.98 Å². The summed E-state index contributed by atoms with van der Waals surface area (Å²) < 4.78 is 29.1. The minimum Gasteiger partial charge on any atom is -0.392 e. The molecule has 126 valence electrons. The number of thiazole rings is 1. The number of halogens is 2. The highest BCUT2D eigenvalue weighted by Gasteiger charge is 2.41. The fourth-order valence-electron chi connectivity index (χ4n) is 2.83. The van der Waals surface area contributed by atoms with Crippen molar-refractivity contribution >= 4 is 28.5 Å². The van der Waals surface area contributed by atoms with Gasteiger partial charge in [-0.25, -0.2) is 13.8 Å². The number of aryl methyl sites for hydroxylation is 1. The summed E-state index contributed by atoms with van der Waals surface area (Å²) in [5.74, 6) is -3.44. The second kappa shape index (κ2) is 6.41. The minimum absolute atomic E-state index is 0.108. The number of amides is 1. The largest absolute Gasteiger partial charge is 0.392 e. The monoisotopic (exact) mass is 350 g/mol. The average Bonchev–Trinajstić information content (AvgIpc) is 2.94. The highest BCUT2D eigenvalue weighted by atomic mass is 32.1. The number of aliphatic hydroxyl groups excluding tert-OH is 1. The second-order valence-electron chi connectivity index (χ2n) is 5.50. The van der Waals surface area contributed by atoms with Crippen LogP contribution in [0.5, 0.6) is 0 Å². The van der Waals surface area contributed by atoms with Crippen LogP contribution in [-0.4, -0.2) is 35.1 Å². The molecule has 0 fully saturated rings. The number of allylic oxidation sites excluding steroid dienone is 1. The number of rotatable bonds is 2. The molecule has 1 aromatic carbocycles. The minimum atomic E-state index is -3.11. The summed E-state index contributed by atoms with van der Waals surface area (Å²) in [5.41, 5.74) is 2.61. The Hall–Kier alpha value is -2.12. The van der Waals surface area contributed by atoms with E-state index in [4.69, 9.17) is 5.11 Å². The molecule has 24 heavy (non-hydrogen) atoms. The highest BCUT2D eigenvalue weighted by molar-refractivity contribution is 7.12. The number of alkyl halides is 2. The van der Waals surface area contributed by atoms with Gasteiger partial charge in [-0.2, -0.15) is 0 Å². The van der Waals surface area contributed by atoms with Gasteiger partial charge in [0.2, 0.25) is 0 Å². The standard InChI is InChI=1S/C17H16F2N2O2S/c1-11-15(24-10-20-11)16(23)21-8-7-17(18,19)13(6-9-22)12-4-2-3-5-14(12)21/h2-6,10,22H,7-9H2,1H3/b13-6-. The number of aromatic nitrogens is 1. The lowest BCUT2D eigenvalue weighted by atomic mass is 9.97. The Morgan fingerprint density at radius 2 is 2.21 bits per heavy atom. The van der Waals surface area contributed by atoms with Gasteiger partial charge in [0.15, 0.2) is 0 Å². The van der Waals surface area contributed by atoms with Crippen LogP contribution < -0.4 is 4.90 Å². The first kappa shape index (κ1) is 16.7. The summed E-state index contributed by atoms with van der Waals surface area (Å²) in [6.45, 7) is 1.13. The molecule has 1 aromatic heterocycles. The number of nitrogens with zero attached hydrogens (tertiary/aromatic N) is 2. The quantitative estimate of drug-likeness (QED) is 0.902. The Morgan fingerprint density at radius 3 is 2.88 bits per heavy atom. The van der Waals surface area contributed by atoms with Gasteiger partial charge in [-0.05, 0) is 19.1 Å². The molecular formula is C17H16F2N2O2S. The molecule has 0 saturated carbocycles. The molecule has 0 radical (unpaired) electrons. The fourth-order valence-corrected chi connectivity index (χ4v) is 3.58. The van der Waals surface area contributed by atoms with Gasteiger partial charge in [0.25, 0.3) is 11.8 Å². The van der Waals surface area contributed by atoms with E-state index in [2.05, 4.69) is 4.98 Å². The van der Waals surface area contributed by atoms with Gasteiger partial charge in [-0.3, -0.25) is 4.79 Å². The molecule has 1 N–H and O–H groups in total. The third-order valence-electron chi connectivity index (χ3n) is 4.01. The molecule has 0 spiro atoms. The van der Waals surface area contributed by atoms with Crippen LogP contribution in [0.1, 0.15) is 27.3 Å². The third kappa shape index (κ3) is 2.85. The molecule has 0 bridgehead atoms. The molecule has 2 aromatic rings. The molecule has 2 heterocycles. The van der Waals surface area contributed by atoms with E-state index < -0.39 is 19.0 Å². The lowest BCUT2D eigenvalue weighted by Crippen LogP contribution is -2.33. The van der Waals surface area contributed by atoms with Crippen molar-refractivity contribution < 1.29 is 18.7 Å². The van der Waals surface area contributed by atoms with Crippen molar-refractivity contribution in [3.05, 3.63) is 52.0 Å². The summed E-state index contributed by atoms with van der Waals surface area (Å²) in [6.07, 6.45) is 0.613. The number of anilines is 1. The molecule has 4 nitrogen and oxygen atoms in total. The van der Waals surface area contributed by atoms with E-state index in [0.717, 1.165) is 6.08 Å². The SMILES string of the molecule is Cc1ncsc1C(=O)N1CCC(F)(F)/C(=C\CO)c2ccccc21. The van der Waals surface area contributed by atoms with Crippen molar-refractivity contribution in [2.45, 2.75) is 19.3 Å².